The monoisotopic (exact) mass is 223 g/mol. The fourth-order valence-corrected chi connectivity index (χ4v) is 2.09. The van der Waals surface area contributed by atoms with Crippen LogP contribution in [0.4, 0.5) is 10.1 Å². The van der Waals surface area contributed by atoms with E-state index < -0.39 is 5.97 Å². The summed E-state index contributed by atoms with van der Waals surface area (Å²) in [5, 5.41) is 8.96. The number of carboxylic acids is 1. The number of halogens is 1. The lowest BCUT2D eigenvalue weighted by Gasteiger charge is -2.32. The molecule has 0 bridgehead atoms. The summed E-state index contributed by atoms with van der Waals surface area (Å²) in [6.07, 6.45) is 1.55. The molecule has 1 aliphatic rings. The van der Waals surface area contributed by atoms with Gasteiger partial charge < -0.3 is 10.0 Å². The zero-order valence-corrected chi connectivity index (χ0v) is 8.90. The van der Waals surface area contributed by atoms with Crippen molar-refractivity contribution in [2.24, 2.45) is 5.92 Å². The Labute approximate surface area is 93.5 Å². The van der Waals surface area contributed by atoms with Gasteiger partial charge in [-0.1, -0.05) is 6.07 Å². The van der Waals surface area contributed by atoms with E-state index in [0.717, 1.165) is 18.7 Å². The first-order valence-electron chi connectivity index (χ1n) is 5.40. The van der Waals surface area contributed by atoms with Crippen LogP contribution >= 0.6 is 0 Å². The van der Waals surface area contributed by atoms with E-state index in [1.165, 1.54) is 12.1 Å². The summed E-state index contributed by atoms with van der Waals surface area (Å²) in [7, 11) is 0. The van der Waals surface area contributed by atoms with E-state index in [1.54, 1.807) is 6.07 Å². The number of anilines is 1. The Bertz CT molecular complexity index is 394. The zero-order valence-electron chi connectivity index (χ0n) is 8.90. The summed E-state index contributed by atoms with van der Waals surface area (Å²) in [5.74, 6) is -1.38. The standard InChI is InChI=1S/C12H14FNO2/c13-10-4-1-5-11(7-10)14-6-2-3-9(8-14)12(15)16/h1,4-5,7,9H,2-3,6,8H2,(H,15,16). The van der Waals surface area contributed by atoms with Crippen LogP contribution in [0.3, 0.4) is 0 Å². The summed E-state index contributed by atoms with van der Waals surface area (Å²) in [6, 6.07) is 6.30. The van der Waals surface area contributed by atoms with E-state index >= 15 is 0 Å². The van der Waals surface area contributed by atoms with Crippen LogP contribution in [0, 0.1) is 11.7 Å². The van der Waals surface area contributed by atoms with E-state index in [-0.39, 0.29) is 11.7 Å². The number of nitrogens with zero attached hydrogens (tertiary/aromatic N) is 1. The molecule has 2 rings (SSSR count). The molecule has 4 heteroatoms. The Hall–Kier alpha value is -1.58. The van der Waals surface area contributed by atoms with Gasteiger partial charge in [0.25, 0.3) is 0 Å². The van der Waals surface area contributed by atoms with Crippen LogP contribution in [0.5, 0.6) is 0 Å². The summed E-state index contributed by atoms with van der Waals surface area (Å²) >= 11 is 0. The van der Waals surface area contributed by atoms with Crippen LogP contribution in [0.15, 0.2) is 24.3 Å². The van der Waals surface area contributed by atoms with Gasteiger partial charge in [-0.3, -0.25) is 4.79 Å². The van der Waals surface area contributed by atoms with Crippen LogP contribution in [-0.2, 0) is 4.79 Å². The number of piperidine rings is 1. The topological polar surface area (TPSA) is 40.5 Å². The predicted molar refractivity (Wildman–Crippen MR) is 59.0 cm³/mol. The average molecular weight is 223 g/mol. The zero-order chi connectivity index (χ0) is 11.5. The first kappa shape index (κ1) is 10.9. The van der Waals surface area contributed by atoms with Gasteiger partial charge in [0.2, 0.25) is 0 Å². The van der Waals surface area contributed by atoms with Gasteiger partial charge >= 0.3 is 5.97 Å². The SMILES string of the molecule is O=C(O)C1CCCN(c2cccc(F)c2)C1. The van der Waals surface area contributed by atoms with Crippen molar-refractivity contribution in [3.63, 3.8) is 0 Å². The molecule has 16 heavy (non-hydrogen) atoms. The molecule has 1 aromatic rings. The minimum Gasteiger partial charge on any atom is -0.481 e. The minimum absolute atomic E-state index is 0.282. The smallest absolute Gasteiger partial charge is 0.308 e. The number of hydrogen-bond acceptors (Lipinski definition) is 2. The summed E-state index contributed by atoms with van der Waals surface area (Å²) in [6.45, 7) is 1.27. The maximum absolute atomic E-state index is 13.0. The highest BCUT2D eigenvalue weighted by molar-refractivity contribution is 5.71. The van der Waals surface area contributed by atoms with E-state index in [9.17, 15) is 9.18 Å². The van der Waals surface area contributed by atoms with E-state index in [1.807, 2.05) is 11.0 Å². The molecular formula is C12H14FNO2. The largest absolute Gasteiger partial charge is 0.481 e. The second-order valence-corrected chi connectivity index (χ2v) is 4.10. The molecule has 1 atom stereocenters. The van der Waals surface area contributed by atoms with Crippen molar-refractivity contribution in [1.82, 2.24) is 0 Å². The molecule has 0 aromatic heterocycles. The molecule has 1 aromatic carbocycles. The molecule has 0 spiro atoms. The number of carboxylic acid groups (broad SMARTS) is 1. The number of rotatable bonds is 2. The van der Waals surface area contributed by atoms with Gasteiger partial charge in [0, 0.05) is 18.8 Å². The Balaban J connectivity index is 2.12. The first-order valence-corrected chi connectivity index (χ1v) is 5.40. The molecule has 1 heterocycles. The van der Waals surface area contributed by atoms with Gasteiger partial charge in [0.1, 0.15) is 5.82 Å². The van der Waals surface area contributed by atoms with Gasteiger partial charge in [-0.15, -0.1) is 0 Å². The van der Waals surface area contributed by atoms with Crippen LogP contribution in [0.2, 0.25) is 0 Å². The average Bonchev–Trinajstić information content (AvgIpc) is 2.29. The predicted octanol–water partition coefficient (Wildman–Crippen LogP) is 2.13. The molecule has 0 radical (unpaired) electrons. The molecule has 0 amide bonds. The molecule has 0 aliphatic carbocycles. The molecular weight excluding hydrogens is 209 g/mol. The van der Waals surface area contributed by atoms with Crippen LogP contribution < -0.4 is 4.90 Å². The lowest BCUT2D eigenvalue weighted by atomic mass is 9.98. The van der Waals surface area contributed by atoms with Crippen molar-refractivity contribution >= 4 is 11.7 Å². The molecule has 1 unspecified atom stereocenters. The number of benzene rings is 1. The molecule has 1 N–H and O–H groups in total. The van der Waals surface area contributed by atoms with Crippen molar-refractivity contribution < 1.29 is 14.3 Å². The lowest BCUT2D eigenvalue weighted by Crippen LogP contribution is -2.38. The van der Waals surface area contributed by atoms with Gasteiger partial charge in [-0.05, 0) is 31.0 Å². The quantitative estimate of drug-likeness (QED) is 0.835. The van der Waals surface area contributed by atoms with Crippen LogP contribution in [0.25, 0.3) is 0 Å². The van der Waals surface area contributed by atoms with Gasteiger partial charge in [0.15, 0.2) is 0 Å². The molecule has 1 aliphatic heterocycles. The van der Waals surface area contributed by atoms with Crippen LogP contribution in [-0.4, -0.2) is 24.2 Å². The maximum Gasteiger partial charge on any atom is 0.308 e. The van der Waals surface area contributed by atoms with Crippen molar-refractivity contribution in [2.45, 2.75) is 12.8 Å². The lowest BCUT2D eigenvalue weighted by molar-refractivity contribution is -0.141. The fourth-order valence-electron chi connectivity index (χ4n) is 2.09. The fraction of sp³-hybridized carbons (Fsp3) is 0.417. The Morgan fingerprint density at radius 3 is 3.00 bits per heavy atom. The molecule has 0 saturated carbocycles. The third kappa shape index (κ3) is 2.32. The third-order valence-corrected chi connectivity index (χ3v) is 2.94. The Morgan fingerprint density at radius 2 is 2.31 bits per heavy atom. The highest BCUT2D eigenvalue weighted by Gasteiger charge is 2.25. The van der Waals surface area contributed by atoms with E-state index in [4.69, 9.17) is 5.11 Å². The summed E-state index contributed by atoms with van der Waals surface area (Å²) in [4.78, 5) is 12.8. The van der Waals surface area contributed by atoms with Crippen molar-refractivity contribution in [3.05, 3.63) is 30.1 Å². The van der Waals surface area contributed by atoms with Crippen molar-refractivity contribution in [1.29, 1.82) is 0 Å². The molecule has 1 saturated heterocycles. The van der Waals surface area contributed by atoms with Gasteiger partial charge in [-0.2, -0.15) is 0 Å². The third-order valence-electron chi connectivity index (χ3n) is 2.94. The van der Waals surface area contributed by atoms with Gasteiger partial charge in [0.05, 0.1) is 5.92 Å². The van der Waals surface area contributed by atoms with Gasteiger partial charge in [-0.25, -0.2) is 4.39 Å². The van der Waals surface area contributed by atoms with E-state index in [2.05, 4.69) is 0 Å². The Morgan fingerprint density at radius 1 is 1.50 bits per heavy atom. The highest BCUT2D eigenvalue weighted by Crippen LogP contribution is 2.23. The van der Waals surface area contributed by atoms with Crippen LogP contribution in [0.1, 0.15) is 12.8 Å². The maximum atomic E-state index is 13.0. The second-order valence-electron chi connectivity index (χ2n) is 4.10. The normalized spacial score (nSPS) is 20.8. The highest BCUT2D eigenvalue weighted by atomic mass is 19.1. The minimum atomic E-state index is -0.763. The van der Waals surface area contributed by atoms with E-state index in [0.29, 0.717) is 13.0 Å². The Kier molecular flexibility index (Phi) is 3.08. The van der Waals surface area contributed by atoms with Crippen molar-refractivity contribution in [3.8, 4) is 0 Å². The molecule has 1 fully saturated rings. The number of aliphatic carboxylic acids is 1. The molecule has 86 valence electrons. The summed E-state index contributed by atoms with van der Waals surface area (Å²) in [5.41, 5.74) is 0.769. The second kappa shape index (κ2) is 4.51. The van der Waals surface area contributed by atoms with Crippen molar-refractivity contribution in [2.75, 3.05) is 18.0 Å². The number of hydrogen-bond donors (Lipinski definition) is 1. The molecule has 3 nitrogen and oxygen atoms in total. The number of carbonyl (C=O) groups is 1. The summed E-state index contributed by atoms with van der Waals surface area (Å²) < 4.78 is 13.0. The first-order chi connectivity index (χ1) is 7.66.